The summed E-state index contributed by atoms with van der Waals surface area (Å²) in [4.78, 5) is 33.1. The molecule has 2 aromatic carbocycles. The van der Waals surface area contributed by atoms with Gasteiger partial charge in [-0.25, -0.2) is 14.8 Å². The molecule has 1 N–H and O–H groups in total. The molecule has 0 fully saturated rings. The van der Waals surface area contributed by atoms with Crippen molar-refractivity contribution in [1.29, 1.82) is 0 Å². The van der Waals surface area contributed by atoms with E-state index in [0.29, 0.717) is 12.2 Å². The molecule has 0 bridgehead atoms. The smallest absolute Gasteiger partial charge is 0.353 e. The Morgan fingerprint density at radius 2 is 1.87 bits per heavy atom. The lowest BCUT2D eigenvalue weighted by atomic mass is 10.1. The van der Waals surface area contributed by atoms with Crippen molar-refractivity contribution >= 4 is 29.0 Å². The lowest BCUT2D eigenvalue weighted by molar-refractivity contribution is -0.383. The zero-order chi connectivity index (χ0) is 21.7. The molecule has 0 radical (unpaired) electrons. The Morgan fingerprint density at radius 3 is 2.53 bits per heavy atom. The quantitative estimate of drug-likeness (QED) is 0.357. The number of para-hydroxylation sites is 1. The van der Waals surface area contributed by atoms with Crippen LogP contribution in [-0.2, 0) is 11.3 Å². The minimum atomic E-state index is -0.549. The molecule has 0 amide bonds. The SMILES string of the molecule is COC(=O)c1ccccc1N(C)c1ncnc(NCc2ccc(C)cc2)c1[N+](=O)[O-]. The summed E-state index contributed by atoms with van der Waals surface area (Å²) >= 11 is 0. The number of rotatable bonds is 7. The van der Waals surface area contributed by atoms with E-state index >= 15 is 0 Å². The summed E-state index contributed by atoms with van der Waals surface area (Å²) in [6.45, 7) is 2.35. The first-order chi connectivity index (χ1) is 14.4. The first kappa shape index (κ1) is 20.7. The van der Waals surface area contributed by atoms with Gasteiger partial charge in [-0.2, -0.15) is 0 Å². The second-order valence-corrected chi connectivity index (χ2v) is 6.56. The maximum absolute atomic E-state index is 12.1. The number of nitrogens with zero attached hydrogens (tertiary/aromatic N) is 4. The Balaban J connectivity index is 1.98. The van der Waals surface area contributed by atoms with Crippen molar-refractivity contribution in [1.82, 2.24) is 9.97 Å². The van der Waals surface area contributed by atoms with Crippen molar-refractivity contribution in [2.75, 3.05) is 24.4 Å². The van der Waals surface area contributed by atoms with Crippen LogP contribution in [0.2, 0.25) is 0 Å². The molecule has 0 saturated carbocycles. The maximum Gasteiger partial charge on any atom is 0.353 e. The average molecular weight is 407 g/mol. The van der Waals surface area contributed by atoms with Gasteiger partial charge in [0.1, 0.15) is 6.33 Å². The molecular weight excluding hydrogens is 386 g/mol. The number of nitro groups is 1. The number of esters is 1. The fraction of sp³-hybridized carbons (Fsp3) is 0.190. The molecule has 0 aliphatic heterocycles. The number of aromatic nitrogens is 2. The maximum atomic E-state index is 12.1. The van der Waals surface area contributed by atoms with Gasteiger partial charge in [0.2, 0.25) is 11.6 Å². The lowest BCUT2D eigenvalue weighted by Crippen LogP contribution is -2.18. The number of aryl methyl sites for hydroxylation is 1. The van der Waals surface area contributed by atoms with Gasteiger partial charge in [-0.3, -0.25) is 10.1 Å². The number of carbonyl (C=O) groups excluding carboxylic acids is 1. The molecule has 154 valence electrons. The van der Waals surface area contributed by atoms with Crippen LogP contribution in [0.3, 0.4) is 0 Å². The molecule has 0 atom stereocenters. The minimum absolute atomic E-state index is 0.0535. The largest absolute Gasteiger partial charge is 0.465 e. The summed E-state index contributed by atoms with van der Waals surface area (Å²) in [7, 11) is 2.88. The van der Waals surface area contributed by atoms with Gasteiger partial charge in [0.25, 0.3) is 0 Å². The van der Waals surface area contributed by atoms with Crippen molar-refractivity contribution in [2.45, 2.75) is 13.5 Å². The monoisotopic (exact) mass is 407 g/mol. The number of carbonyl (C=O) groups is 1. The van der Waals surface area contributed by atoms with Gasteiger partial charge in [-0.1, -0.05) is 42.0 Å². The normalized spacial score (nSPS) is 10.4. The Hall–Kier alpha value is -4.01. The number of ether oxygens (including phenoxy) is 1. The molecule has 0 aliphatic carbocycles. The predicted octanol–water partition coefficient (Wildman–Crippen LogP) is 3.86. The summed E-state index contributed by atoms with van der Waals surface area (Å²) < 4.78 is 4.82. The van der Waals surface area contributed by atoms with Gasteiger partial charge in [-0.05, 0) is 24.6 Å². The van der Waals surface area contributed by atoms with Gasteiger partial charge in [0, 0.05) is 13.6 Å². The van der Waals surface area contributed by atoms with Crippen LogP contribution in [-0.4, -0.2) is 35.0 Å². The Morgan fingerprint density at radius 1 is 1.17 bits per heavy atom. The van der Waals surface area contributed by atoms with E-state index < -0.39 is 10.9 Å². The minimum Gasteiger partial charge on any atom is -0.465 e. The van der Waals surface area contributed by atoms with Gasteiger partial charge in [0.15, 0.2) is 0 Å². The van der Waals surface area contributed by atoms with Crippen molar-refractivity contribution in [3.63, 3.8) is 0 Å². The number of nitrogens with one attached hydrogen (secondary N) is 1. The molecule has 1 aromatic heterocycles. The second kappa shape index (κ2) is 8.99. The van der Waals surface area contributed by atoms with Crippen LogP contribution < -0.4 is 10.2 Å². The van der Waals surface area contributed by atoms with Gasteiger partial charge in [0.05, 0.1) is 23.3 Å². The zero-order valence-electron chi connectivity index (χ0n) is 16.8. The van der Waals surface area contributed by atoms with Gasteiger partial charge < -0.3 is 15.0 Å². The summed E-state index contributed by atoms with van der Waals surface area (Å²) in [6, 6.07) is 14.5. The summed E-state index contributed by atoms with van der Waals surface area (Å²) in [6.07, 6.45) is 1.25. The summed E-state index contributed by atoms with van der Waals surface area (Å²) in [5.74, 6) is -0.405. The van der Waals surface area contributed by atoms with Crippen LogP contribution >= 0.6 is 0 Å². The van der Waals surface area contributed by atoms with Crippen molar-refractivity contribution in [3.05, 3.63) is 81.7 Å². The first-order valence-electron chi connectivity index (χ1n) is 9.12. The third kappa shape index (κ3) is 4.35. The van der Waals surface area contributed by atoms with E-state index in [0.717, 1.165) is 11.1 Å². The molecule has 30 heavy (non-hydrogen) atoms. The van der Waals surface area contributed by atoms with E-state index in [1.807, 2.05) is 31.2 Å². The highest BCUT2D eigenvalue weighted by atomic mass is 16.6. The first-order valence-corrected chi connectivity index (χ1v) is 9.12. The van der Waals surface area contributed by atoms with Crippen LogP contribution in [0, 0.1) is 17.0 Å². The van der Waals surface area contributed by atoms with Crippen LogP contribution in [0.4, 0.5) is 23.0 Å². The number of methoxy groups -OCH3 is 1. The summed E-state index contributed by atoms with van der Waals surface area (Å²) in [5, 5.41) is 14.9. The van der Waals surface area contributed by atoms with E-state index in [9.17, 15) is 14.9 Å². The van der Waals surface area contributed by atoms with Crippen LogP contribution in [0.1, 0.15) is 21.5 Å². The highest BCUT2D eigenvalue weighted by Crippen LogP contribution is 2.36. The Kier molecular flexibility index (Phi) is 6.21. The van der Waals surface area contributed by atoms with Crippen molar-refractivity contribution in [3.8, 4) is 0 Å². The van der Waals surface area contributed by atoms with E-state index in [4.69, 9.17) is 4.74 Å². The van der Waals surface area contributed by atoms with E-state index in [1.165, 1.54) is 18.3 Å². The molecule has 9 nitrogen and oxygen atoms in total. The van der Waals surface area contributed by atoms with Crippen LogP contribution in [0.15, 0.2) is 54.9 Å². The van der Waals surface area contributed by atoms with Crippen LogP contribution in [0.25, 0.3) is 0 Å². The molecule has 0 spiro atoms. The molecule has 1 heterocycles. The molecular formula is C21H21N5O4. The number of hydrogen-bond acceptors (Lipinski definition) is 8. The topological polar surface area (TPSA) is 110 Å². The van der Waals surface area contributed by atoms with E-state index in [1.54, 1.807) is 31.3 Å². The number of anilines is 3. The molecule has 0 saturated heterocycles. The van der Waals surface area contributed by atoms with Gasteiger partial charge >= 0.3 is 11.7 Å². The summed E-state index contributed by atoms with van der Waals surface area (Å²) in [5.41, 5.74) is 2.49. The highest BCUT2D eigenvalue weighted by Gasteiger charge is 2.28. The molecule has 0 unspecified atom stereocenters. The average Bonchev–Trinajstić information content (AvgIpc) is 2.77. The Labute approximate surface area is 173 Å². The number of hydrogen-bond donors (Lipinski definition) is 1. The van der Waals surface area contributed by atoms with Crippen LogP contribution in [0.5, 0.6) is 0 Å². The fourth-order valence-electron chi connectivity index (χ4n) is 2.97. The van der Waals surface area contributed by atoms with Gasteiger partial charge in [-0.15, -0.1) is 0 Å². The Bertz CT molecular complexity index is 1070. The molecule has 3 rings (SSSR count). The van der Waals surface area contributed by atoms with Crippen molar-refractivity contribution in [2.24, 2.45) is 0 Å². The second-order valence-electron chi connectivity index (χ2n) is 6.56. The predicted molar refractivity (Wildman–Crippen MR) is 113 cm³/mol. The highest BCUT2D eigenvalue weighted by molar-refractivity contribution is 5.97. The van der Waals surface area contributed by atoms with E-state index in [-0.39, 0.29) is 22.9 Å². The molecule has 9 heteroatoms. The third-order valence-corrected chi connectivity index (χ3v) is 4.55. The number of benzene rings is 2. The van der Waals surface area contributed by atoms with Crippen molar-refractivity contribution < 1.29 is 14.5 Å². The molecule has 0 aliphatic rings. The third-order valence-electron chi connectivity index (χ3n) is 4.55. The molecule has 3 aromatic rings. The zero-order valence-corrected chi connectivity index (χ0v) is 16.8. The standard InChI is InChI=1S/C21H21N5O4/c1-14-8-10-15(11-9-14)12-22-19-18(26(28)29)20(24-13-23-19)25(2)17-7-5-4-6-16(17)21(27)30-3/h4-11,13H,12H2,1-3H3,(H,22,23,24). The lowest BCUT2D eigenvalue weighted by Gasteiger charge is -2.21. The van der Waals surface area contributed by atoms with E-state index in [2.05, 4.69) is 15.3 Å². The fourth-order valence-corrected chi connectivity index (χ4v) is 2.97.